The van der Waals surface area contributed by atoms with Gasteiger partial charge in [-0.05, 0) is 23.6 Å². The van der Waals surface area contributed by atoms with Crippen LogP contribution >= 0.6 is 0 Å². The molecule has 0 radical (unpaired) electrons. The minimum atomic E-state index is -1.06. The van der Waals surface area contributed by atoms with Crippen molar-refractivity contribution in [3.05, 3.63) is 41.2 Å². The number of methoxy groups -OCH3 is 1. The number of carboxylic acid groups (broad SMARTS) is 1. The highest BCUT2D eigenvalue weighted by Gasteiger charge is 2.22. The number of ether oxygens (including phenoxy) is 1. The molecule has 0 unspecified atom stereocenters. The van der Waals surface area contributed by atoms with E-state index in [-0.39, 0.29) is 11.6 Å². The summed E-state index contributed by atoms with van der Waals surface area (Å²) in [6.07, 6.45) is 0. The first-order valence-corrected chi connectivity index (χ1v) is 6.31. The summed E-state index contributed by atoms with van der Waals surface area (Å²) in [6.45, 7) is 4.33. The zero-order valence-electron chi connectivity index (χ0n) is 11.7. The number of hydrogen-bond donors (Lipinski definition) is 1. The first-order valence-electron chi connectivity index (χ1n) is 6.31. The Bertz CT molecular complexity index is 620. The second-order valence-corrected chi connectivity index (χ2v) is 4.80. The Kier molecular flexibility index (Phi) is 4.14. The highest BCUT2D eigenvalue weighted by Crippen LogP contribution is 2.22. The van der Waals surface area contributed by atoms with Gasteiger partial charge in [-0.15, -0.1) is 5.10 Å². The molecule has 0 aliphatic carbocycles. The number of aromatic carboxylic acids is 1. The van der Waals surface area contributed by atoms with Crippen molar-refractivity contribution in [2.45, 2.75) is 26.4 Å². The van der Waals surface area contributed by atoms with Gasteiger partial charge < -0.3 is 9.84 Å². The van der Waals surface area contributed by atoms with Crippen LogP contribution in [0.2, 0.25) is 0 Å². The molecule has 0 amide bonds. The molecule has 1 aromatic carbocycles. The molecule has 0 atom stereocenters. The lowest BCUT2D eigenvalue weighted by molar-refractivity contribution is 0.0688. The molecule has 0 saturated carbocycles. The quantitative estimate of drug-likeness (QED) is 0.905. The standard InChI is InChI=1S/C14H17N3O3/c1-9(2)13-12(14(18)19)15-16-17(13)11-6-4-5-10(7-11)8-20-3/h4-7,9H,8H2,1-3H3,(H,18,19). The molecule has 0 aliphatic heterocycles. The van der Waals surface area contributed by atoms with Gasteiger partial charge in [-0.2, -0.15) is 0 Å². The van der Waals surface area contributed by atoms with Gasteiger partial charge >= 0.3 is 5.97 Å². The maximum Gasteiger partial charge on any atom is 0.358 e. The molecule has 0 spiro atoms. The number of rotatable bonds is 5. The maximum atomic E-state index is 11.2. The summed E-state index contributed by atoms with van der Waals surface area (Å²) in [6, 6.07) is 7.61. The van der Waals surface area contributed by atoms with E-state index < -0.39 is 5.97 Å². The minimum Gasteiger partial charge on any atom is -0.476 e. The molecule has 0 fully saturated rings. The van der Waals surface area contributed by atoms with E-state index in [0.717, 1.165) is 11.3 Å². The first-order chi connectivity index (χ1) is 9.54. The van der Waals surface area contributed by atoms with Crippen LogP contribution in [-0.2, 0) is 11.3 Å². The Morgan fingerprint density at radius 1 is 1.45 bits per heavy atom. The second-order valence-electron chi connectivity index (χ2n) is 4.80. The molecule has 0 bridgehead atoms. The van der Waals surface area contributed by atoms with Crippen LogP contribution in [0.3, 0.4) is 0 Å². The van der Waals surface area contributed by atoms with Gasteiger partial charge in [-0.25, -0.2) is 9.48 Å². The average Bonchev–Trinajstić information content (AvgIpc) is 2.84. The summed E-state index contributed by atoms with van der Waals surface area (Å²) in [5, 5.41) is 16.9. The molecular formula is C14H17N3O3. The fraction of sp³-hybridized carbons (Fsp3) is 0.357. The van der Waals surface area contributed by atoms with Crippen LogP contribution < -0.4 is 0 Å². The zero-order chi connectivity index (χ0) is 14.7. The lowest BCUT2D eigenvalue weighted by atomic mass is 10.1. The zero-order valence-corrected chi connectivity index (χ0v) is 11.7. The van der Waals surface area contributed by atoms with Crippen LogP contribution in [0.15, 0.2) is 24.3 Å². The van der Waals surface area contributed by atoms with Gasteiger partial charge in [0.1, 0.15) is 0 Å². The first kappa shape index (κ1) is 14.2. The third-order valence-electron chi connectivity index (χ3n) is 2.92. The maximum absolute atomic E-state index is 11.2. The molecule has 0 saturated heterocycles. The number of hydrogen-bond acceptors (Lipinski definition) is 4. The summed E-state index contributed by atoms with van der Waals surface area (Å²) in [4.78, 5) is 11.2. The SMILES string of the molecule is COCc1cccc(-n2nnc(C(=O)O)c2C(C)C)c1. The largest absolute Gasteiger partial charge is 0.476 e. The summed E-state index contributed by atoms with van der Waals surface area (Å²) in [5.41, 5.74) is 2.36. The summed E-state index contributed by atoms with van der Waals surface area (Å²) >= 11 is 0. The Hall–Kier alpha value is -2.21. The van der Waals surface area contributed by atoms with Crippen LogP contribution in [-0.4, -0.2) is 33.2 Å². The topological polar surface area (TPSA) is 77.2 Å². The number of carbonyl (C=O) groups is 1. The van der Waals surface area contributed by atoms with Crippen LogP contribution in [0.1, 0.15) is 41.5 Å². The molecule has 1 heterocycles. The molecule has 20 heavy (non-hydrogen) atoms. The van der Waals surface area contributed by atoms with Crippen molar-refractivity contribution in [3.8, 4) is 5.69 Å². The number of nitrogens with zero attached hydrogens (tertiary/aromatic N) is 3. The fourth-order valence-electron chi connectivity index (χ4n) is 2.09. The van der Waals surface area contributed by atoms with Gasteiger partial charge in [0, 0.05) is 7.11 Å². The summed E-state index contributed by atoms with van der Waals surface area (Å²) in [7, 11) is 1.63. The molecule has 0 aliphatic rings. The van der Waals surface area contributed by atoms with E-state index in [2.05, 4.69) is 10.3 Å². The third-order valence-corrected chi connectivity index (χ3v) is 2.92. The molecule has 106 valence electrons. The third kappa shape index (κ3) is 2.70. The van der Waals surface area contributed by atoms with Gasteiger partial charge in [0.15, 0.2) is 5.69 Å². The molecular weight excluding hydrogens is 258 g/mol. The predicted molar refractivity (Wildman–Crippen MR) is 73.1 cm³/mol. The lowest BCUT2D eigenvalue weighted by Crippen LogP contribution is -2.08. The minimum absolute atomic E-state index is 0.00202. The van der Waals surface area contributed by atoms with Crippen molar-refractivity contribution in [2.75, 3.05) is 7.11 Å². The molecule has 2 aromatic rings. The van der Waals surface area contributed by atoms with E-state index in [4.69, 9.17) is 4.74 Å². The summed E-state index contributed by atoms with van der Waals surface area (Å²) < 4.78 is 6.68. The van der Waals surface area contributed by atoms with Crippen molar-refractivity contribution in [3.63, 3.8) is 0 Å². The van der Waals surface area contributed by atoms with Crippen molar-refractivity contribution < 1.29 is 14.6 Å². The van der Waals surface area contributed by atoms with Gasteiger partial charge in [0.25, 0.3) is 0 Å². The lowest BCUT2D eigenvalue weighted by Gasteiger charge is -2.11. The Labute approximate surface area is 117 Å². The van der Waals surface area contributed by atoms with Crippen molar-refractivity contribution in [1.82, 2.24) is 15.0 Å². The molecule has 1 N–H and O–H groups in total. The Morgan fingerprint density at radius 2 is 2.20 bits per heavy atom. The molecule has 2 rings (SSSR count). The summed E-state index contributed by atoms with van der Waals surface area (Å²) in [5.74, 6) is -1.06. The highest BCUT2D eigenvalue weighted by atomic mass is 16.5. The van der Waals surface area contributed by atoms with E-state index in [9.17, 15) is 9.90 Å². The van der Waals surface area contributed by atoms with E-state index in [1.807, 2.05) is 38.1 Å². The van der Waals surface area contributed by atoms with Crippen molar-refractivity contribution >= 4 is 5.97 Å². The average molecular weight is 275 g/mol. The van der Waals surface area contributed by atoms with Crippen LogP contribution in [0, 0.1) is 0 Å². The smallest absolute Gasteiger partial charge is 0.358 e. The van der Waals surface area contributed by atoms with Gasteiger partial charge in [0.05, 0.1) is 18.0 Å². The monoisotopic (exact) mass is 275 g/mol. The highest BCUT2D eigenvalue weighted by molar-refractivity contribution is 5.86. The predicted octanol–water partition coefficient (Wildman–Crippen LogP) is 2.24. The number of carboxylic acids is 1. The van der Waals surface area contributed by atoms with Crippen molar-refractivity contribution in [1.29, 1.82) is 0 Å². The van der Waals surface area contributed by atoms with Gasteiger partial charge in [-0.1, -0.05) is 31.2 Å². The van der Waals surface area contributed by atoms with Gasteiger partial charge in [0.2, 0.25) is 0 Å². The van der Waals surface area contributed by atoms with Gasteiger partial charge in [-0.3, -0.25) is 0 Å². The van der Waals surface area contributed by atoms with E-state index >= 15 is 0 Å². The normalized spacial score (nSPS) is 11.0. The van der Waals surface area contributed by atoms with Crippen LogP contribution in [0.25, 0.3) is 5.69 Å². The Balaban J connectivity index is 2.52. The molecule has 1 aromatic heterocycles. The molecule has 6 nitrogen and oxygen atoms in total. The van der Waals surface area contributed by atoms with E-state index in [0.29, 0.717) is 12.3 Å². The van der Waals surface area contributed by atoms with Crippen molar-refractivity contribution in [2.24, 2.45) is 0 Å². The van der Waals surface area contributed by atoms with Crippen LogP contribution in [0.4, 0.5) is 0 Å². The molecule has 6 heteroatoms. The van der Waals surface area contributed by atoms with E-state index in [1.165, 1.54) is 0 Å². The van der Waals surface area contributed by atoms with E-state index in [1.54, 1.807) is 11.8 Å². The number of benzene rings is 1. The number of aromatic nitrogens is 3. The van der Waals surface area contributed by atoms with Crippen LogP contribution in [0.5, 0.6) is 0 Å². The fourth-order valence-corrected chi connectivity index (χ4v) is 2.09. The Morgan fingerprint density at radius 3 is 2.80 bits per heavy atom. The second kappa shape index (κ2) is 5.83.